The van der Waals surface area contributed by atoms with E-state index >= 15 is 0 Å². The third kappa shape index (κ3) is 3.00. The summed E-state index contributed by atoms with van der Waals surface area (Å²) >= 11 is 0. The number of hydrogen-bond acceptors (Lipinski definition) is 4. The van der Waals surface area contributed by atoms with Gasteiger partial charge in [0.25, 0.3) is 5.08 Å². The minimum absolute atomic E-state index is 0.769. The van der Waals surface area contributed by atoms with Gasteiger partial charge < -0.3 is 24.7 Å². The third-order valence-electron chi connectivity index (χ3n) is 1.87. The molecule has 0 amide bonds. The Hall–Kier alpha value is -0.590. The topological polar surface area (TPSA) is 148 Å². The summed E-state index contributed by atoms with van der Waals surface area (Å²) in [6, 6.07) is -1.73. The van der Waals surface area contributed by atoms with Crippen molar-refractivity contribution in [2.24, 2.45) is 0 Å². The Bertz CT molecular complexity index is 623. The van der Waals surface area contributed by atoms with Crippen molar-refractivity contribution in [1.29, 1.82) is 0 Å². The number of nitrogens with zero attached hydrogens (tertiary/aromatic N) is 1. The van der Waals surface area contributed by atoms with Crippen molar-refractivity contribution in [2.45, 2.75) is 11.5 Å². The van der Waals surface area contributed by atoms with Crippen molar-refractivity contribution in [2.75, 3.05) is 0 Å². The first-order valence-corrected chi connectivity index (χ1v) is 7.22. The number of aromatic nitrogens is 1. The van der Waals surface area contributed by atoms with Crippen LogP contribution in [0.2, 0.25) is 0 Å². The summed E-state index contributed by atoms with van der Waals surface area (Å²) in [5.74, 6) is 0. The third-order valence-corrected chi connectivity index (χ3v) is 5.62. The van der Waals surface area contributed by atoms with E-state index in [4.69, 9.17) is 25.1 Å². The lowest BCUT2D eigenvalue weighted by Crippen LogP contribution is -2.31. The van der Waals surface area contributed by atoms with Crippen molar-refractivity contribution < 1.29 is 39.3 Å². The second kappa shape index (κ2) is 4.59. The molecule has 0 radical (unpaired) electrons. The highest BCUT2D eigenvalue weighted by Crippen LogP contribution is 2.68. The van der Waals surface area contributed by atoms with E-state index in [9.17, 15) is 14.2 Å². The predicted molar refractivity (Wildman–Crippen MR) is 57.0 cm³/mol. The molecule has 0 unspecified atom stereocenters. The maximum atomic E-state index is 11.2. The molecule has 0 bridgehead atoms. The van der Waals surface area contributed by atoms with E-state index < -0.39 is 56.7 Å². The Kier molecular flexibility index (Phi) is 2.52. The second-order valence-corrected chi connectivity index (χ2v) is 7.11. The van der Waals surface area contributed by atoms with E-state index in [-0.39, 0.29) is 0 Å². The van der Waals surface area contributed by atoms with Crippen molar-refractivity contribution in [3.63, 3.8) is 0 Å². The molecule has 0 aliphatic rings. The van der Waals surface area contributed by atoms with E-state index in [1.54, 1.807) is 0 Å². The Labute approximate surface area is 102 Å². The van der Waals surface area contributed by atoms with Crippen LogP contribution in [0.4, 0.5) is 0 Å². The summed E-state index contributed by atoms with van der Waals surface area (Å²) < 4.78 is 51.8. The average Bonchev–Trinajstić information content (AvgIpc) is 2.29. The molecule has 0 aromatic carbocycles. The van der Waals surface area contributed by atoms with Crippen LogP contribution >= 0.6 is 15.2 Å². The van der Waals surface area contributed by atoms with Crippen LogP contribution in [0.15, 0.2) is 24.4 Å². The molecule has 1 rings (SSSR count). The smallest absolute Gasteiger partial charge is 0.367 e. The molecule has 1 aromatic heterocycles. The van der Waals surface area contributed by atoms with Gasteiger partial charge in [-0.05, 0) is 17.6 Å². The lowest BCUT2D eigenvalue weighted by atomic mass is 10.2. The van der Waals surface area contributed by atoms with Crippen LogP contribution in [-0.4, -0.2) is 34.7 Å². The minimum atomic E-state index is -5.76. The van der Waals surface area contributed by atoms with E-state index in [2.05, 4.69) is 4.98 Å². The van der Waals surface area contributed by atoms with Crippen molar-refractivity contribution in [3.8, 4) is 0 Å². The van der Waals surface area contributed by atoms with E-state index in [1.807, 2.05) is 0 Å². The molecule has 10 heteroatoms. The molecule has 96 valence electrons. The highest BCUT2D eigenvalue weighted by atomic mass is 31.2. The first-order chi connectivity index (χ1) is 9.22. The highest BCUT2D eigenvalue weighted by molar-refractivity contribution is 7.72. The molecule has 0 saturated heterocycles. The fourth-order valence-corrected chi connectivity index (χ4v) is 3.04. The van der Waals surface area contributed by atoms with Crippen molar-refractivity contribution >= 4 is 15.2 Å². The lowest BCUT2D eigenvalue weighted by molar-refractivity contribution is 0.131. The normalized spacial score (nSPS) is 17.0. The molecule has 8 nitrogen and oxygen atoms in total. The molecule has 1 aromatic rings. The van der Waals surface area contributed by atoms with Crippen LogP contribution in [0.1, 0.15) is 11.0 Å². The lowest BCUT2D eigenvalue weighted by Gasteiger charge is -2.29. The van der Waals surface area contributed by atoms with Gasteiger partial charge in [0.1, 0.15) is 0 Å². The molecular weight excluding hydrogens is 272 g/mol. The largest absolute Gasteiger partial charge is 0.369 e. The maximum Gasteiger partial charge on any atom is 0.369 e. The first-order valence-electron chi connectivity index (χ1n) is 5.99. The van der Waals surface area contributed by atoms with Crippen LogP contribution in [0.3, 0.4) is 0 Å². The zero-order valence-corrected chi connectivity index (χ0v) is 9.89. The van der Waals surface area contributed by atoms with Gasteiger partial charge in [0, 0.05) is 18.8 Å². The number of rotatable bonds is 4. The number of hydrogen-bond donors (Lipinski definition) is 5. The van der Waals surface area contributed by atoms with Crippen molar-refractivity contribution in [3.05, 3.63) is 30.0 Å². The molecular formula is C7H11NO7P2. The molecule has 5 N–H and O–H groups in total. The number of aliphatic hydroxyl groups is 1. The molecule has 0 spiro atoms. The zero-order chi connectivity index (χ0) is 16.8. The van der Waals surface area contributed by atoms with Crippen molar-refractivity contribution in [1.82, 2.24) is 4.98 Å². The SMILES string of the molecule is [2H]c1nc([2H])c([2H])c(CC(O)(P(=O)(O)O)P(=O)(O)O)c1[2H]. The predicted octanol–water partition coefficient (Wildman–Crippen LogP) is -0.374. The van der Waals surface area contributed by atoms with Gasteiger partial charge >= 0.3 is 15.2 Å². The Balaban J connectivity index is 3.58. The summed E-state index contributed by atoms with van der Waals surface area (Å²) in [6.45, 7) is 0. The monoisotopic (exact) mass is 287 g/mol. The van der Waals surface area contributed by atoms with Gasteiger partial charge in [-0.25, -0.2) is 0 Å². The van der Waals surface area contributed by atoms with E-state index in [0.717, 1.165) is 0 Å². The first kappa shape index (κ1) is 9.35. The second-order valence-electron chi connectivity index (χ2n) is 3.10. The van der Waals surface area contributed by atoms with Crippen LogP contribution in [0.25, 0.3) is 0 Å². The zero-order valence-electron chi connectivity index (χ0n) is 12.1. The van der Waals surface area contributed by atoms with Gasteiger partial charge in [-0.2, -0.15) is 0 Å². The average molecular weight is 287 g/mol. The highest BCUT2D eigenvalue weighted by Gasteiger charge is 2.59. The minimum Gasteiger partial charge on any atom is -0.367 e. The molecule has 0 aliphatic carbocycles. The summed E-state index contributed by atoms with van der Waals surface area (Å²) in [7, 11) is -11.5. The molecule has 17 heavy (non-hydrogen) atoms. The van der Waals surface area contributed by atoms with Crippen LogP contribution in [0, 0.1) is 0 Å². The van der Waals surface area contributed by atoms with Gasteiger partial charge in [0.15, 0.2) is 0 Å². The maximum absolute atomic E-state index is 11.2. The summed E-state index contributed by atoms with van der Waals surface area (Å²) in [5, 5.41) is 5.88. The Morgan fingerprint density at radius 3 is 1.94 bits per heavy atom. The van der Waals surface area contributed by atoms with Gasteiger partial charge in [-0.1, -0.05) is 0 Å². The standard InChI is InChI=1S/C7H11NO7P2/c9-7(16(10,11)12,17(13,14)15)5-6-1-3-8-4-2-6/h1-4,9H,5H2,(H2,10,11,12)(H2,13,14,15)/i1D,2D,3D,4D. The number of pyridine rings is 1. The van der Waals surface area contributed by atoms with Crippen LogP contribution in [-0.2, 0) is 15.6 Å². The van der Waals surface area contributed by atoms with Crippen LogP contribution in [0.5, 0.6) is 0 Å². The molecule has 0 fully saturated rings. The molecule has 1 heterocycles. The Morgan fingerprint density at radius 2 is 1.59 bits per heavy atom. The fraction of sp³-hybridized carbons (Fsp3) is 0.286. The van der Waals surface area contributed by atoms with Gasteiger partial charge in [-0.15, -0.1) is 0 Å². The summed E-state index contributed by atoms with van der Waals surface area (Å²) in [4.78, 5) is 39.1. The van der Waals surface area contributed by atoms with Gasteiger partial charge in [0.2, 0.25) is 0 Å². The van der Waals surface area contributed by atoms with Gasteiger partial charge in [-0.3, -0.25) is 14.1 Å². The molecule has 0 saturated carbocycles. The summed E-state index contributed by atoms with van der Waals surface area (Å²) in [5.41, 5.74) is -0.769. The van der Waals surface area contributed by atoms with E-state index in [0.29, 0.717) is 0 Å². The fourth-order valence-electron chi connectivity index (χ4n) is 0.951. The Morgan fingerprint density at radius 1 is 1.18 bits per heavy atom. The van der Waals surface area contributed by atoms with E-state index in [1.165, 1.54) is 0 Å². The molecule has 0 aliphatic heterocycles. The van der Waals surface area contributed by atoms with Crippen LogP contribution < -0.4 is 0 Å². The summed E-state index contributed by atoms with van der Waals surface area (Å²) in [6.07, 6.45) is -3.13. The molecule has 0 atom stereocenters. The quantitative estimate of drug-likeness (QED) is 0.471. The van der Waals surface area contributed by atoms with Gasteiger partial charge in [0.05, 0.1) is 5.48 Å².